The van der Waals surface area contributed by atoms with Crippen LogP contribution in [0.15, 0.2) is 42.5 Å². The normalized spacial score (nSPS) is 10.2. The first-order valence-corrected chi connectivity index (χ1v) is 8.54. The first-order valence-electron chi connectivity index (χ1n) is 8.54. The van der Waals surface area contributed by atoms with Crippen LogP contribution in [0.3, 0.4) is 0 Å². The summed E-state index contributed by atoms with van der Waals surface area (Å²) in [5, 5.41) is 6.26. The minimum atomic E-state index is -0.208. The Balaban J connectivity index is 1.98. The molecule has 0 aromatic heterocycles. The van der Waals surface area contributed by atoms with E-state index in [1.165, 1.54) is 12.8 Å². The standard InChI is InChI=1S/C20H26N2O3/c1-4-5-6-11-21-16-7-9-17(10-8-16)22-20(23)15-12-18(24-2)14-19(13-15)25-3/h7-10,12-14,21H,4-6,11H2,1-3H3,(H,22,23). The monoisotopic (exact) mass is 342 g/mol. The van der Waals surface area contributed by atoms with E-state index in [1.54, 1.807) is 32.4 Å². The molecule has 0 saturated carbocycles. The van der Waals surface area contributed by atoms with Crippen LogP contribution in [-0.4, -0.2) is 26.7 Å². The van der Waals surface area contributed by atoms with E-state index in [-0.39, 0.29) is 5.91 Å². The lowest BCUT2D eigenvalue weighted by Gasteiger charge is -2.10. The van der Waals surface area contributed by atoms with E-state index in [4.69, 9.17) is 9.47 Å². The number of nitrogens with one attached hydrogen (secondary N) is 2. The summed E-state index contributed by atoms with van der Waals surface area (Å²) in [5.41, 5.74) is 2.28. The van der Waals surface area contributed by atoms with Crippen molar-refractivity contribution < 1.29 is 14.3 Å². The third kappa shape index (κ3) is 5.71. The molecule has 0 aliphatic heterocycles. The molecule has 5 heteroatoms. The van der Waals surface area contributed by atoms with E-state index in [0.717, 1.165) is 24.3 Å². The Kier molecular flexibility index (Phi) is 7.14. The van der Waals surface area contributed by atoms with E-state index in [1.807, 2.05) is 24.3 Å². The largest absolute Gasteiger partial charge is 0.497 e. The lowest BCUT2D eigenvalue weighted by atomic mass is 10.1. The van der Waals surface area contributed by atoms with Gasteiger partial charge in [-0.2, -0.15) is 0 Å². The maximum Gasteiger partial charge on any atom is 0.255 e. The van der Waals surface area contributed by atoms with Gasteiger partial charge in [-0.3, -0.25) is 4.79 Å². The molecule has 2 N–H and O–H groups in total. The number of rotatable bonds is 9. The van der Waals surface area contributed by atoms with Gasteiger partial charge in [-0.1, -0.05) is 19.8 Å². The van der Waals surface area contributed by atoms with Crippen LogP contribution in [0, 0.1) is 0 Å². The van der Waals surface area contributed by atoms with Crippen molar-refractivity contribution in [1.29, 1.82) is 0 Å². The maximum atomic E-state index is 12.4. The van der Waals surface area contributed by atoms with Crippen molar-refractivity contribution in [2.75, 3.05) is 31.4 Å². The average Bonchev–Trinajstić information content (AvgIpc) is 2.66. The Bertz CT molecular complexity index is 662. The molecule has 0 atom stereocenters. The Morgan fingerprint density at radius 1 is 0.920 bits per heavy atom. The number of hydrogen-bond acceptors (Lipinski definition) is 4. The van der Waals surface area contributed by atoms with E-state index < -0.39 is 0 Å². The smallest absolute Gasteiger partial charge is 0.255 e. The van der Waals surface area contributed by atoms with Gasteiger partial charge in [0.05, 0.1) is 14.2 Å². The predicted molar refractivity (Wildman–Crippen MR) is 102 cm³/mol. The third-order valence-electron chi connectivity index (χ3n) is 3.87. The summed E-state index contributed by atoms with van der Waals surface area (Å²) in [5.74, 6) is 0.952. The van der Waals surface area contributed by atoms with E-state index in [9.17, 15) is 4.79 Å². The molecule has 5 nitrogen and oxygen atoms in total. The second-order valence-electron chi connectivity index (χ2n) is 5.77. The highest BCUT2D eigenvalue weighted by atomic mass is 16.5. The summed E-state index contributed by atoms with van der Waals surface area (Å²) >= 11 is 0. The summed E-state index contributed by atoms with van der Waals surface area (Å²) in [4.78, 5) is 12.4. The maximum absolute atomic E-state index is 12.4. The minimum Gasteiger partial charge on any atom is -0.497 e. The van der Waals surface area contributed by atoms with Crippen LogP contribution in [0.2, 0.25) is 0 Å². The van der Waals surface area contributed by atoms with Gasteiger partial charge in [-0.05, 0) is 42.8 Å². The number of unbranched alkanes of at least 4 members (excludes halogenated alkanes) is 2. The molecule has 0 radical (unpaired) electrons. The summed E-state index contributed by atoms with van der Waals surface area (Å²) in [6.45, 7) is 3.15. The Labute approximate surface area is 149 Å². The van der Waals surface area contributed by atoms with Crippen molar-refractivity contribution in [2.24, 2.45) is 0 Å². The number of carbonyl (C=O) groups excluding carboxylic acids is 1. The quantitative estimate of drug-likeness (QED) is 0.656. The molecule has 0 aliphatic carbocycles. The van der Waals surface area contributed by atoms with Crippen LogP contribution >= 0.6 is 0 Å². The second kappa shape index (κ2) is 9.57. The number of ether oxygens (including phenoxy) is 2. The molecular formula is C20H26N2O3. The minimum absolute atomic E-state index is 0.208. The number of carbonyl (C=O) groups is 1. The number of hydrogen-bond donors (Lipinski definition) is 2. The zero-order chi connectivity index (χ0) is 18.1. The molecule has 134 valence electrons. The summed E-state index contributed by atoms with van der Waals surface area (Å²) in [6, 6.07) is 12.8. The Morgan fingerprint density at radius 2 is 1.52 bits per heavy atom. The highest BCUT2D eigenvalue weighted by Crippen LogP contribution is 2.23. The molecule has 0 saturated heterocycles. The molecule has 0 fully saturated rings. The molecule has 25 heavy (non-hydrogen) atoms. The molecule has 0 unspecified atom stereocenters. The topological polar surface area (TPSA) is 59.6 Å². The van der Waals surface area contributed by atoms with Gasteiger partial charge in [0, 0.05) is 29.5 Å². The SMILES string of the molecule is CCCCCNc1ccc(NC(=O)c2cc(OC)cc(OC)c2)cc1. The lowest BCUT2D eigenvalue weighted by Crippen LogP contribution is -2.12. The number of methoxy groups -OCH3 is 2. The zero-order valence-corrected chi connectivity index (χ0v) is 15.1. The van der Waals surface area contributed by atoms with Gasteiger partial charge in [0.25, 0.3) is 5.91 Å². The van der Waals surface area contributed by atoms with Gasteiger partial charge >= 0.3 is 0 Å². The van der Waals surface area contributed by atoms with Gasteiger partial charge < -0.3 is 20.1 Å². The Hall–Kier alpha value is -2.69. The van der Waals surface area contributed by atoms with Crippen molar-refractivity contribution in [3.05, 3.63) is 48.0 Å². The molecule has 0 aliphatic rings. The van der Waals surface area contributed by atoms with Crippen LogP contribution < -0.4 is 20.1 Å². The number of benzene rings is 2. The summed E-state index contributed by atoms with van der Waals surface area (Å²) in [6.07, 6.45) is 3.60. The average molecular weight is 342 g/mol. The van der Waals surface area contributed by atoms with Crippen LogP contribution in [0.1, 0.15) is 36.5 Å². The highest BCUT2D eigenvalue weighted by molar-refractivity contribution is 6.04. The van der Waals surface area contributed by atoms with Gasteiger partial charge in [-0.25, -0.2) is 0 Å². The molecule has 1 amide bonds. The van der Waals surface area contributed by atoms with Crippen LogP contribution in [0.25, 0.3) is 0 Å². The van der Waals surface area contributed by atoms with E-state index in [0.29, 0.717) is 17.1 Å². The second-order valence-corrected chi connectivity index (χ2v) is 5.77. The first-order chi connectivity index (χ1) is 12.2. The molecule has 2 rings (SSSR count). The third-order valence-corrected chi connectivity index (χ3v) is 3.87. The lowest BCUT2D eigenvalue weighted by molar-refractivity contribution is 0.102. The van der Waals surface area contributed by atoms with Gasteiger partial charge in [0.15, 0.2) is 0 Å². The van der Waals surface area contributed by atoms with Crippen LogP contribution in [0.4, 0.5) is 11.4 Å². The summed E-state index contributed by atoms with van der Waals surface area (Å²) in [7, 11) is 3.12. The first kappa shape index (κ1) is 18.6. The van der Waals surface area contributed by atoms with Crippen LogP contribution in [-0.2, 0) is 0 Å². The fourth-order valence-electron chi connectivity index (χ4n) is 2.42. The fourth-order valence-corrected chi connectivity index (χ4v) is 2.42. The van der Waals surface area contributed by atoms with E-state index >= 15 is 0 Å². The zero-order valence-electron chi connectivity index (χ0n) is 15.1. The van der Waals surface area contributed by atoms with Crippen molar-refractivity contribution in [1.82, 2.24) is 0 Å². The van der Waals surface area contributed by atoms with Crippen LogP contribution in [0.5, 0.6) is 11.5 Å². The van der Waals surface area contributed by atoms with Gasteiger partial charge in [0.2, 0.25) is 0 Å². The number of amides is 1. The van der Waals surface area contributed by atoms with E-state index in [2.05, 4.69) is 17.6 Å². The number of anilines is 2. The molecule has 0 spiro atoms. The van der Waals surface area contributed by atoms with Crippen molar-refractivity contribution in [3.63, 3.8) is 0 Å². The summed E-state index contributed by atoms with van der Waals surface area (Å²) < 4.78 is 10.4. The molecular weight excluding hydrogens is 316 g/mol. The predicted octanol–water partition coefficient (Wildman–Crippen LogP) is 4.56. The Morgan fingerprint density at radius 3 is 2.08 bits per heavy atom. The molecule has 2 aromatic carbocycles. The van der Waals surface area contributed by atoms with Gasteiger partial charge in [0.1, 0.15) is 11.5 Å². The highest BCUT2D eigenvalue weighted by Gasteiger charge is 2.10. The van der Waals surface area contributed by atoms with Gasteiger partial charge in [-0.15, -0.1) is 0 Å². The van der Waals surface area contributed by atoms with Crippen molar-refractivity contribution in [2.45, 2.75) is 26.2 Å². The van der Waals surface area contributed by atoms with Crippen molar-refractivity contribution in [3.8, 4) is 11.5 Å². The van der Waals surface area contributed by atoms with Crippen molar-refractivity contribution >= 4 is 17.3 Å². The molecule has 0 bridgehead atoms. The molecule has 0 heterocycles. The fraction of sp³-hybridized carbons (Fsp3) is 0.350. The molecule has 2 aromatic rings.